The van der Waals surface area contributed by atoms with E-state index in [1.807, 2.05) is 14.0 Å². The van der Waals surface area contributed by atoms with Crippen LogP contribution in [0.4, 0.5) is 0 Å². The molecule has 0 unspecified atom stereocenters. The Labute approximate surface area is 160 Å². The first-order valence-corrected chi connectivity index (χ1v) is 9.68. The van der Waals surface area contributed by atoms with Gasteiger partial charge in [0, 0.05) is 55.1 Å². The Balaban J connectivity index is 1.94. The summed E-state index contributed by atoms with van der Waals surface area (Å²) in [6, 6.07) is 0. The molecular formula is C22H28N2O3. The number of Topliss-reactive ketones (excluding diaryl/α,β-unsaturated/α-hetero) is 2. The van der Waals surface area contributed by atoms with Crippen molar-refractivity contribution >= 4 is 11.6 Å². The molecule has 0 saturated heterocycles. The molecule has 27 heavy (non-hydrogen) atoms. The van der Waals surface area contributed by atoms with E-state index in [2.05, 4.69) is 32.8 Å². The second-order valence-corrected chi connectivity index (χ2v) is 9.90. The lowest BCUT2D eigenvalue weighted by atomic mass is 9.65. The van der Waals surface area contributed by atoms with Gasteiger partial charge < -0.3 is 4.74 Å². The summed E-state index contributed by atoms with van der Waals surface area (Å²) < 4.78 is 8.10. The third-order valence-electron chi connectivity index (χ3n) is 6.17. The molecule has 1 aliphatic heterocycles. The number of carbonyl (C=O) groups is 2. The fraction of sp³-hybridized carbons (Fsp3) is 0.591. The van der Waals surface area contributed by atoms with E-state index in [9.17, 15) is 9.59 Å². The Morgan fingerprint density at radius 1 is 0.963 bits per heavy atom. The van der Waals surface area contributed by atoms with Crippen molar-refractivity contribution < 1.29 is 14.3 Å². The largest absolute Gasteiger partial charge is 0.465 e. The van der Waals surface area contributed by atoms with Crippen molar-refractivity contribution in [3.05, 3.63) is 40.1 Å². The van der Waals surface area contributed by atoms with Crippen molar-refractivity contribution in [2.24, 2.45) is 17.9 Å². The van der Waals surface area contributed by atoms with E-state index in [-0.39, 0.29) is 28.3 Å². The smallest absolute Gasteiger partial charge is 0.163 e. The normalized spacial score (nSPS) is 24.7. The van der Waals surface area contributed by atoms with Gasteiger partial charge in [0.05, 0.1) is 12.1 Å². The standard InChI is InChI=1S/C22H28N2O3/c1-12-13(11-23-24(12)6)18-19-14(25)7-21(2,3)9-16(19)27-17-10-22(4,5)8-15(26)20(17)18/h11,18H,7-10H2,1-6H3. The summed E-state index contributed by atoms with van der Waals surface area (Å²) >= 11 is 0. The molecule has 0 bridgehead atoms. The second kappa shape index (κ2) is 5.66. The second-order valence-electron chi connectivity index (χ2n) is 9.90. The summed E-state index contributed by atoms with van der Waals surface area (Å²) in [7, 11) is 1.89. The van der Waals surface area contributed by atoms with E-state index < -0.39 is 0 Å². The minimum Gasteiger partial charge on any atom is -0.465 e. The third kappa shape index (κ3) is 2.88. The SMILES string of the molecule is Cc1c(C2C3=C(CC(C)(C)CC3=O)OC3=C2C(=O)CC(C)(C)C3)cnn1C. The lowest BCUT2D eigenvalue weighted by Gasteiger charge is -2.42. The predicted molar refractivity (Wildman–Crippen MR) is 102 cm³/mol. The summed E-state index contributed by atoms with van der Waals surface area (Å²) in [6.07, 6.45) is 4.20. The van der Waals surface area contributed by atoms with Crippen LogP contribution in [0.5, 0.6) is 0 Å². The van der Waals surface area contributed by atoms with Crippen molar-refractivity contribution in [2.75, 3.05) is 0 Å². The van der Waals surface area contributed by atoms with Crippen LogP contribution in [0.25, 0.3) is 0 Å². The Bertz CT molecular complexity index is 875. The highest BCUT2D eigenvalue weighted by atomic mass is 16.5. The van der Waals surface area contributed by atoms with Crippen LogP contribution in [0, 0.1) is 17.8 Å². The summed E-state index contributed by atoms with van der Waals surface area (Å²) in [5.41, 5.74) is 3.03. The number of ether oxygens (including phenoxy) is 1. The molecule has 0 N–H and O–H groups in total. The van der Waals surface area contributed by atoms with Gasteiger partial charge in [-0.3, -0.25) is 14.3 Å². The van der Waals surface area contributed by atoms with Crippen LogP contribution in [0.2, 0.25) is 0 Å². The van der Waals surface area contributed by atoms with Crippen molar-refractivity contribution in [3.63, 3.8) is 0 Å². The maximum atomic E-state index is 13.2. The summed E-state index contributed by atoms with van der Waals surface area (Å²) in [4.78, 5) is 26.3. The molecule has 0 atom stereocenters. The van der Waals surface area contributed by atoms with Gasteiger partial charge in [0.2, 0.25) is 0 Å². The zero-order chi connectivity index (χ0) is 19.7. The third-order valence-corrected chi connectivity index (χ3v) is 6.17. The molecule has 0 radical (unpaired) electrons. The maximum absolute atomic E-state index is 13.2. The fourth-order valence-electron chi connectivity index (χ4n) is 4.78. The quantitative estimate of drug-likeness (QED) is 0.748. The van der Waals surface area contributed by atoms with Crippen LogP contribution in [-0.2, 0) is 21.4 Å². The predicted octanol–water partition coefficient (Wildman–Crippen LogP) is 4.13. The topological polar surface area (TPSA) is 61.2 Å². The van der Waals surface area contributed by atoms with Gasteiger partial charge in [-0.2, -0.15) is 5.10 Å². The van der Waals surface area contributed by atoms with Crippen molar-refractivity contribution in [2.45, 2.75) is 66.2 Å². The molecule has 5 heteroatoms. The Hall–Kier alpha value is -2.17. The van der Waals surface area contributed by atoms with Crippen LogP contribution in [0.3, 0.4) is 0 Å². The first-order chi connectivity index (χ1) is 12.5. The minimum atomic E-state index is -0.343. The first kappa shape index (κ1) is 18.2. The number of hydrogen-bond acceptors (Lipinski definition) is 4. The number of hydrogen-bond donors (Lipinski definition) is 0. The van der Waals surface area contributed by atoms with E-state index in [4.69, 9.17) is 4.74 Å². The highest BCUT2D eigenvalue weighted by molar-refractivity contribution is 6.06. The average molecular weight is 368 g/mol. The van der Waals surface area contributed by atoms with Crippen LogP contribution in [0.1, 0.15) is 70.6 Å². The van der Waals surface area contributed by atoms with Crippen molar-refractivity contribution in [3.8, 4) is 0 Å². The molecule has 4 rings (SSSR count). The molecule has 2 aliphatic carbocycles. The maximum Gasteiger partial charge on any atom is 0.163 e. The molecule has 144 valence electrons. The van der Waals surface area contributed by atoms with Crippen LogP contribution < -0.4 is 0 Å². The molecular weight excluding hydrogens is 340 g/mol. The minimum absolute atomic E-state index is 0.0960. The molecule has 0 spiro atoms. The monoisotopic (exact) mass is 368 g/mol. The van der Waals surface area contributed by atoms with Gasteiger partial charge in [0.15, 0.2) is 11.6 Å². The van der Waals surface area contributed by atoms with Gasteiger partial charge in [-0.15, -0.1) is 0 Å². The Kier molecular flexibility index (Phi) is 3.82. The summed E-state index contributed by atoms with van der Waals surface area (Å²) in [6.45, 7) is 10.4. The highest BCUT2D eigenvalue weighted by Crippen LogP contribution is 2.53. The van der Waals surface area contributed by atoms with Gasteiger partial charge in [0.1, 0.15) is 11.5 Å². The van der Waals surface area contributed by atoms with Crippen LogP contribution >= 0.6 is 0 Å². The zero-order valence-electron chi connectivity index (χ0n) is 17.1. The van der Waals surface area contributed by atoms with Gasteiger partial charge in [0.25, 0.3) is 0 Å². The first-order valence-electron chi connectivity index (χ1n) is 9.68. The molecule has 0 fully saturated rings. The number of aryl methyl sites for hydroxylation is 1. The summed E-state index contributed by atoms with van der Waals surface area (Å²) in [5, 5.41) is 4.38. The molecule has 0 amide bonds. The number of allylic oxidation sites excluding steroid dienone is 4. The van der Waals surface area contributed by atoms with E-state index >= 15 is 0 Å². The van der Waals surface area contributed by atoms with Crippen LogP contribution in [0.15, 0.2) is 28.9 Å². The van der Waals surface area contributed by atoms with Crippen molar-refractivity contribution in [1.82, 2.24) is 9.78 Å². The molecule has 0 aromatic carbocycles. The molecule has 2 heterocycles. The molecule has 1 aromatic rings. The molecule has 5 nitrogen and oxygen atoms in total. The summed E-state index contributed by atoms with van der Waals surface area (Å²) in [5.74, 6) is 1.37. The van der Waals surface area contributed by atoms with E-state index in [0.717, 1.165) is 35.6 Å². The molecule has 0 saturated carbocycles. The van der Waals surface area contributed by atoms with E-state index in [0.29, 0.717) is 24.0 Å². The van der Waals surface area contributed by atoms with Gasteiger partial charge in [-0.05, 0) is 17.8 Å². The van der Waals surface area contributed by atoms with Crippen molar-refractivity contribution in [1.29, 1.82) is 0 Å². The Morgan fingerprint density at radius 2 is 1.44 bits per heavy atom. The average Bonchev–Trinajstić information content (AvgIpc) is 2.82. The van der Waals surface area contributed by atoms with Gasteiger partial charge >= 0.3 is 0 Å². The lowest BCUT2D eigenvalue weighted by Crippen LogP contribution is -2.37. The lowest BCUT2D eigenvalue weighted by molar-refractivity contribution is -0.120. The number of rotatable bonds is 1. The van der Waals surface area contributed by atoms with E-state index in [1.165, 1.54) is 0 Å². The van der Waals surface area contributed by atoms with Gasteiger partial charge in [-0.1, -0.05) is 27.7 Å². The Morgan fingerprint density at radius 3 is 1.85 bits per heavy atom. The van der Waals surface area contributed by atoms with Crippen LogP contribution in [-0.4, -0.2) is 21.3 Å². The number of ketones is 2. The number of nitrogens with zero attached hydrogens (tertiary/aromatic N) is 2. The number of aromatic nitrogens is 2. The fourth-order valence-corrected chi connectivity index (χ4v) is 4.78. The molecule has 1 aromatic heterocycles. The number of carbonyl (C=O) groups excluding carboxylic acids is 2. The molecule has 3 aliphatic rings. The van der Waals surface area contributed by atoms with Gasteiger partial charge in [-0.25, -0.2) is 0 Å². The van der Waals surface area contributed by atoms with E-state index in [1.54, 1.807) is 10.9 Å². The zero-order valence-corrected chi connectivity index (χ0v) is 17.1. The highest BCUT2D eigenvalue weighted by Gasteiger charge is 2.48.